The highest BCUT2D eigenvalue weighted by Gasteiger charge is 2.21. The second-order valence-electron chi connectivity index (χ2n) is 4.62. The van der Waals surface area contributed by atoms with Gasteiger partial charge in [-0.25, -0.2) is 4.98 Å². The topological polar surface area (TPSA) is 45.5 Å². The summed E-state index contributed by atoms with van der Waals surface area (Å²) in [5.41, 5.74) is 0. The molecule has 1 atom stereocenters. The van der Waals surface area contributed by atoms with Crippen LogP contribution in [0.5, 0.6) is 0 Å². The maximum Gasteiger partial charge on any atom is 0.193 e. The third kappa shape index (κ3) is 5.16. The summed E-state index contributed by atoms with van der Waals surface area (Å²) in [5.74, 6) is 2.22. The minimum atomic E-state index is 0. The summed E-state index contributed by atoms with van der Waals surface area (Å²) in [6.07, 6.45) is 6.86. The molecule has 1 saturated heterocycles. The lowest BCUT2D eigenvalue weighted by atomic mass is 10.3. The zero-order valence-corrected chi connectivity index (χ0v) is 15.3. The predicted molar refractivity (Wildman–Crippen MR) is 97.1 cm³/mol. The van der Waals surface area contributed by atoms with Crippen molar-refractivity contribution in [1.29, 1.82) is 0 Å². The summed E-state index contributed by atoms with van der Waals surface area (Å²) in [6, 6.07) is 0. The first-order valence-electron chi connectivity index (χ1n) is 6.86. The van der Waals surface area contributed by atoms with Gasteiger partial charge in [-0.15, -0.1) is 24.0 Å². The van der Waals surface area contributed by atoms with Gasteiger partial charge in [0.15, 0.2) is 5.96 Å². The molecule has 0 saturated carbocycles. The second-order valence-corrected chi connectivity index (χ2v) is 6.03. The fourth-order valence-corrected chi connectivity index (χ4v) is 3.39. The van der Waals surface area contributed by atoms with E-state index in [1.54, 1.807) is 0 Å². The Bertz CT molecular complexity index is 395. The molecule has 1 unspecified atom stereocenters. The smallest absolute Gasteiger partial charge is 0.193 e. The largest absolute Gasteiger partial charge is 0.354 e. The number of halogens is 1. The van der Waals surface area contributed by atoms with Crippen LogP contribution in [0, 0.1) is 0 Å². The van der Waals surface area contributed by atoms with Crippen molar-refractivity contribution in [2.24, 2.45) is 4.99 Å². The number of nitrogens with zero attached hydrogens (tertiary/aromatic N) is 4. The first-order chi connectivity index (χ1) is 9.33. The Labute approximate surface area is 142 Å². The second kappa shape index (κ2) is 9.49. The van der Waals surface area contributed by atoms with Crippen LogP contribution in [0.4, 0.5) is 0 Å². The molecule has 7 heteroatoms. The van der Waals surface area contributed by atoms with E-state index in [1.807, 2.05) is 25.8 Å². The average Bonchev–Trinajstić information content (AvgIpc) is 2.97. The van der Waals surface area contributed by atoms with E-state index in [2.05, 4.69) is 43.4 Å². The number of aliphatic imine (C=N–C) groups is 1. The SMILES string of the molecule is CCC1CN(C(=NC)NCCn2ccnc2)CCS1.I. The first-order valence-corrected chi connectivity index (χ1v) is 7.91. The van der Waals surface area contributed by atoms with E-state index >= 15 is 0 Å². The molecule has 1 aromatic rings. The lowest BCUT2D eigenvalue weighted by Crippen LogP contribution is -2.48. The Hall–Kier alpha value is -0.440. The van der Waals surface area contributed by atoms with Crippen molar-refractivity contribution in [3.05, 3.63) is 18.7 Å². The maximum atomic E-state index is 4.40. The number of hydrogen-bond acceptors (Lipinski definition) is 3. The van der Waals surface area contributed by atoms with Gasteiger partial charge in [0.05, 0.1) is 6.33 Å². The summed E-state index contributed by atoms with van der Waals surface area (Å²) in [7, 11) is 1.86. The van der Waals surface area contributed by atoms with Crippen molar-refractivity contribution in [2.75, 3.05) is 32.4 Å². The lowest BCUT2D eigenvalue weighted by Gasteiger charge is -2.34. The molecule has 5 nitrogen and oxygen atoms in total. The molecule has 0 amide bonds. The van der Waals surface area contributed by atoms with Crippen molar-refractivity contribution in [3.63, 3.8) is 0 Å². The molecule has 20 heavy (non-hydrogen) atoms. The highest BCUT2D eigenvalue weighted by molar-refractivity contribution is 14.0. The number of thioether (sulfide) groups is 1. The first kappa shape index (κ1) is 17.6. The third-order valence-electron chi connectivity index (χ3n) is 3.32. The quantitative estimate of drug-likeness (QED) is 0.469. The minimum Gasteiger partial charge on any atom is -0.354 e. The van der Waals surface area contributed by atoms with Crippen LogP contribution in [-0.4, -0.2) is 58.1 Å². The van der Waals surface area contributed by atoms with Gasteiger partial charge in [0, 0.05) is 56.6 Å². The van der Waals surface area contributed by atoms with Crippen LogP contribution in [0.1, 0.15) is 13.3 Å². The number of rotatable bonds is 4. The Balaban J connectivity index is 0.00000200. The fourth-order valence-electron chi connectivity index (χ4n) is 2.21. The molecule has 2 heterocycles. The molecule has 1 aromatic heterocycles. The number of hydrogen-bond donors (Lipinski definition) is 1. The molecule has 0 spiro atoms. The zero-order chi connectivity index (χ0) is 13.5. The van der Waals surface area contributed by atoms with Gasteiger partial charge in [0.1, 0.15) is 0 Å². The summed E-state index contributed by atoms with van der Waals surface area (Å²) in [4.78, 5) is 10.8. The van der Waals surface area contributed by atoms with Gasteiger partial charge in [0.2, 0.25) is 0 Å². The van der Waals surface area contributed by atoms with Crippen LogP contribution in [0.15, 0.2) is 23.7 Å². The van der Waals surface area contributed by atoms with Gasteiger partial charge in [0.25, 0.3) is 0 Å². The van der Waals surface area contributed by atoms with E-state index in [1.165, 1.54) is 12.2 Å². The molecule has 1 N–H and O–H groups in total. The molecule has 0 radical (unpaired) electrons. The van der Waals surface area contributed by atoms with Gasteiger partial charge in [-0.2, -0.15) is 11.8 Å². The maximum absolute atomic E-state index is 4.40. The molecule has 0 aromatic carbocycles. The molecule has 1 fully saturated rings. The minimum absolute atomic E-state index is 0. The highest BCUT2D eigenvalue weighted by atomic mass is 127. The number of guanidine groups is 1. The predicted octanol–water partition coefficient (Wildman–Crippen LogP) is 1.90. The zero-order valence-electron chi connectivity index (χ0n) is 12.2. The van der Waals surface area contributed by atoms with Crippen molar-refractivity contribution in [3.8, 4) is 0 Å². The Morgan fingerprint density at radius 3 is 3.05 bits per heavy atom. The molecule has 114 valence electrons. The van der Waals surface area contributed by atoms with E-state index in [4.69, 9.17) is 0 Å². The van der Waals surface area contributed by atoms with Crippen LogP contribution >= 0.6 is 35.7 Å². The van der Waals surface area contributed by atoms with Gasteiger partial charge in [-0.1, -0.05) is 6.92 Å². The van der Waals surface area contributed by atoms with Crippen LogP contribution in [-0.2, 0) is 6.54 Å². The monoisotopic (exact) mass is 409 g/mol. The van der Waals surface area contributed by atoms with Crippen molar-refractivity contribution in [1.82, 2.24) is 19.8 Å². The Morgan fingerprint density at radius 1 is 1.55 bits per heavy atom. The van der Waals surface area contributed by atoms with Crippen molar-refractivity contribution < 1.29 is 0 Å². The third-order valence-corrected chi connectivity index (χ3v) is 4.69. The van der Waals surface area contributed by atoms with E-state index in [-0.39, 0.29) is 24.0 Å². The summed E-state index contributed by atoms with van der Waals surface area (Å²) >= 11 is 2.08. The average molecular weight is 409 g/mol. The van der Waals surface area contributed by atoms with Gasteiger partial charge >= 0.3 is 0 Å². The van der Waals surface area contributed by atoms with Crippen LogP contribution < -0.4 is 5.32 Å². The molecule has 0 aliphatic carbocycles. The summed E-state index contributed by atoms with van der Waals surface area (Å²) < 4.78 is 2.07. The number of imidazole rings is 1. The molecular formula is C13H24IN5S. The van der Waals surface area contributed by atoms with Crippen LogP contribution in [0.25, 0.3) is 0 Å². The molecule has 1 aliphatic heterocycles. The molecule has 1 aliphatic rings. The van der Waals surface area contributed by atoms with Crippen LogP contribution in [0.3, 0.4) is 0 Å². The van der Waals surface area contributed by atoms with E-state index in [0.29, 0.717) is 0 Å². The number of nitrogens with one attached hydrogen (secondary N) is 1. The molecule has 0 bridgehead atoms. The van der Waals surface area contributed by atoms with Gasteiger partial charge in [-0.3, -0.25) is 4.99 Å². The lowest BCUT2D eigenvalue weighted by molar-refractivity contribution is 0.407. The fraction of sp³-hybridized carbons (Fsp3) is 0.692. The van der Waals surface area contributed by atoms with Gasteiger partial charge in [-0.05, 0) is 6.42 Å². The van der Waals surface area contributed by atoms with E-state index < -0.39 is 0 Å². The van der Waals surface area contributed by atoms with Gasteiger partial charge < -0.3 is 14.8 Å². The summed E-state index contributed by atoms with van der Waals surface area (Å²) in [5, 5.41) is 4.18. The Morgan fingerprint density at radius 2 is 2.40 bits per heavy atom. The Kier molecular flexibility index (Phi) is 8.35. The normalized spacial score (nSPS) is 19.6. The van der Waals surface area contributed by atoms with E-state index in [9.17, 15) is 0 Å². The van der Waals surface area contributed by atoms with Crippen molar-refractivity contribution >= 4 is 41.7 Å². The highest BCUT2D eigenvalue weighted by Crippen LogP contribution is 2.20. The number of aromatic nitrogens is 2. The van der Waals surface area contributed by atoms with Crippen LogP contribution in [0.2, 0.25) is 0 Å². The molecule has 2 rings (SSSR count). The van der Waals surface area contributed by atoms with E-state index in [0.717, 1.165) is 37.4 Å². The molecular weight excluding hydrogens is 385 g/mol. The standard InChI is InChI=1S/C13H23N5S.HI/c1-3-12-10-18(8-9-19-12)13(14-2)16-5-7-17-6-4-15-11-17;/h4,6,11-12H,3,5,7-10H2,1-2H3,(H,14,16);1H. The summed E-state index contributed by atoms with van der Waals surface area (Å²) in [6.45, 7) is 6.25. The van der Waals surface area contributed by atoms with Crippen molar-refractivity contribution in [2.45, 2.75) is 25.1 Å².